The Bertz CT molecular complexity index is 1230. The Morgan fingerprint density at radius 1 is 1.00 bits per heavy atom. The second-order valence-corrected chi connectivity index (χ2v) is 7.46. The molecule has 0 bridgehead atoms. The van der Waals surface area contributed by atoms with Gasteiger partial charge in [0.15, 0.2) is 11.5 Å². The molecule has 5 rings (SSSR count). The van der Waals surface area contributed by atoms with Crippen LogP contribution in [0.3, 0.4) is 0 Å². The predicted octanol–water partition coefficient (Wildman–Crippen LogP) is 3.38. The number of hydrogen-bond acceptors (Lipinski definition) is 7. The molecule has 2 aromatic carbocycles. The van der Waals surface area contributed by atoms with E-state index in [2.05, 4.69) is 0 Å². The van der Waals surface area contributed by atoms with Crippen LogP contribution in [0.15, 0.2) is 70.9 Å². The number of phenols is 1. The zero-order valence-corrected chi connectivity index (χ0v) is 16.9. The molecule has 0 saturated carbocycles. The molecule has 1 atom stereocenters. The van der Waals surface area contributed by atoms with Crippen molar-refractivity contribution in [3.8, 4) is 17.2 Å². The Morgan fingerprint density at radius 3 is 2.56 bits per heavy atom. The SMILES string of the molecule is O=C1C(=O)N(Cc2ccco2)[C@@H](c2cccc(O)c2)C1=C(O)c1ccc2c(c1)OCCO2. The van der Waals surface area contributed by atoms with Crippen LogP contribution in [0.4, 0.5) is 0 Å². The largest absolute Gasteiger partial charge is 0.508 e. The summed E-state index contributed by atoms with van der Waals surface area (Å²) in [5, 5.41) is 21.2. The van der Waals surface area contributed by atoms with Crippen molar-refractivity contribution in [1.29, 1.82) is 0 Å². The van der Waals surface area contributed by atoms with Crippen molar-refractivity contribution in [2.24, 2.45) is 0 Å². The average molecular weight is 433 g/mol. The predicted molar refractivity (Wildman–Crippen MR) is 112 cm³/mol. The summed E-state index contributed by atoms with van der Waals surface area (Å²) < 4.78 is 16.5. The van der Waals surface area contributed by atoms with Gasteiger partial charge < -0.3 is 29.0 Å². The topological polar surface area (TPSA) is 109 Å². The lowest BCUT2D eigenvalue weighted by Gasteiger charge is -2.24. The van der Waals surface area contributed by atoms with Crippen LogP contribution >= 0.6 is 0 Å². The molecule has 2 aliphatic rings. The highest BCUT2D eigenvalue weighted by atomic mass is 16.6. The first-order valence-corrected chi connectivity index (χ1v) is 10.0. The van der Waals surface area contributed by atoms with Gasteiger partial charge in [-0.3, -0.25) is 9.59 Å². The van der Waals surface area contributed by atoms with E-state index >= 15 is 0 Å². The number of amides is 1. The van der Waals surface area contributed by atoms with Gasteiger partial charge in [0.2, 0.25) is 0 Å². The highest BCUT2D eigenvalue weighted by Crippen LogP contribution is 2.42. The first kappa shape index (κ1) is 19.7. The number of aromatic hydroxyl groups is 1. The Labute approximate surface area is 182 Å². The summed E-state index contributed by atoms with van der Waals surface area (Å²) >= 11 is 0. The number of ketones is 1. The molecule has 2 aliphatic heterocycles. The number of phenolic OH excluding ortho intramolecular Hbond substituents is 1. The van der Waals surface area contributed by atoms with Crippen molar-refractivity contribution in [3.05, 3.63) is 83.3 Å². The molecule has 0 radical (unpaired) electrons. The van der Waals surface area contributed by atoms with Gasteiger partial charge in [-0.1, -0.05) is 12.1 Å². The maximum absolute atomic E-state index is 13.1. The van der Waals surface area contributed by atoms with Crippen molar-refractivity contribution in [2.75, 3.05) is 13.2 Å². The summed E-state index contributed by atoms with van der Waals surface area (Å²) in [6.45, 7) is 0.817. The van der Waals surface area contributed by atoms with Gasteiger partial charge in [-0.15, -0.1) is 0 Å². The van der Waals surface area contributed by atoms with Crippen LogP contribution < -0.4 is 9.47 Å². The van der Waals surface area contributed by atoms with Crippen molar-refractivity contribution in [2.45, 2.75) is 12.6 Å². The third-order valence-corrected chi connectivity index (χ3v) is 5.45. The number of likely N-dealkylation sites (tertiary alicyclic amines) is 1. The Hall–Kier alpha value is -4.20. The van der Waals surface area contributed by atoms with Crippen LogP contribution in [0, 0.1) is 0 Å². The van der Waals surface area contributed by atoms with Gasteiger partial charge >= 0.3 is 0 Å². The minimum Gasteiger partial charge on any atom is -0.508 e. The second kappa shape index (κ2) is 7.81. The smallest absolute Gasteiger partial charge is 0.296 e. The molecular formula is C24H19NO7. The molecule has 0 spiro atoms. The van der Waals surface area contributed by atoms with Gasteiger partial charge in [0.25, 0.3) is 11.7 Å². The number of carbonyl (C=O) groups is 2. The molecule has 1 saturated heterocycles. The molecule has 2 N–H and O–H groups in total. The number of aliphatic hydroxyl groups is 1. The first-order valence-electron chi connectivity index (χ1n) is 10.0. The van der Waals surface area contributed by atoms with Crippen LogP contribution in [0.1, 0.15) is 22.9 Å². The van der Waals surface area contributed by atoms with E-state index in [9.17, 15) is 19.8 Å². The summed E-state index contributed by atoms with van der Waals surface area (Å²) in [6.07, 6.45) is 1.48. The maximum atomic E-state index is 13.1. The first-order chi connectivity index (χ1) is 15.5. The monoisotopic (exact) mass is 433 g/mol. The maximum Gasteiger partial charge on any atom is 0.296 e. The van der Waals surface area contributed by atoms with Gasteiger partial charge in [0.1, 0.15) is 30.5 Å². The molecule has 0 unspecified atom stereocenters. The standard InChI is InChI=1S/C24H19NO7/c26-16-4-1-3-14(11-16)21-20(23(28)24(29)25(21)13-17-5-2-8-30-17)22(27)15-6-7-18-19(12-15)32-10-9-31-18/h1-8,11-12,21,26-27H,9-10,13H2/t21-/m0/s1. The summed E-state index contributed by atoms with van der Waals surface area (Å²) in [5.74, 6) is -0.488. The van der Waals surface area contributed by atoms with E-state index in [0.717, 1.165) is 0 Å². The molecule has 3 aromatic rings. The average Bonchev–Trinajstić information content (AvgIpc) is 3.41. The van der Waals surface area contributed by atoms with Crippen LogP contribution in [0.25, 0.3) is 5.76 Å². The van der Waals surface area contributed by atoms with Crippen molar-refractivity contribution in [1.82, 2.24) is 4.90 Å². The Kier molecular flexibility index (Phi) is 4.82. The van der Waals surface area contributed by atoms with E-state index in [1.54, 1.807) is 42.5 Å². The fourth-order valence-corrected chi connectivity index (χ4v) is 4.00. The molecule has 1 fully saturated rings. The number of benzene rings is 2. The van der Waals surface area contributed by atoms with Gasteiger partial charge in [-0.2, -0.15) is 0 Å². The van der Waals surface area contributed by atoms with E-state index in [4.69, 9.17) is 13.9 Å². The fraction of sp³-hybridized carbons (Fsp3) is 0.167. The van der Waals surface area contributed by atoms with Crippen LogP contribution in [0.2, 0.25) is 0 Å². The van der Waals surface area contributed by atoms with E-state index in [1.165, 1.54) is 23.3 Å². The van der Waals surface area contributed by atoms with Crippen LogP contribution in [-0.4, -0.2) is 40.0 Å². The molecule has 162 valence electrons. The summed E-state index contributed by atoms with van der Waals surface area (Å²) in [4.78, 5) is 27.3. The molecule has 1 amide bonds. The Morgan fingerprint density at radius 2 is 1.81 bits per heavy atom. The van der Waals surface area contributed by atoms with E-state index in [0.29, 0.717) is 41.6 Å². The quantitative estimate of drug-likeness (QED) is 0.369. The van der Waals surface area contributed by atoms with Gasteiger partial charge in [-0.05, 0) is 48.0 Å². The number of furan rings is 1. The molecule has 0 aliphatic carbocycles. The van der Waals surface area contributed by atoms with Gasteiger partial charge in [0, 0.05) is 5.56 Å². The third kappa shape index (κ3) is 3.35. The number of Topliss-reactive ketones (excluding diaryl/α,β-unsaturated/α-hetero) is 1. The highest BCUT2D eigenvalue weighted by Gasteiger charge is 2.46. The Balaban J connectivity index is 1.64. The lowest BCUT2D eigenvalue weighted by atomic mass is 9.95. The number of ether oxygens (including phenoxy) is 2. The van der Waals surface area contributed by atoms with Crippen LogP contribution in [0.5, 0.6) is 17.2 Å². The van der Waals surface area contributed by atoms with Crippen molar-refractivity contribution in [3.63, 3.8) is 0 Å². The zero-order chi connectivity index (χ0) is 22.2. The summed E-state index contributed by atoms with van der Waals surface area (Å²) in [5.41, 5.74) is 0.717. The van der Waals surface area contributed by atoms with Gasteiger partial charge in [0.05, 0.1) is 24.4 Å². The van der Waals surface area contributed by atoms with Gasteiger partial charge in [-0.25, -0.2) is 0 Å². The van der Waals surface area contributed by atoms with Crippen molar-refractivity contribution >= 4 is 17.4 Å². The third-order valence-electron chi connectivity index (χ3n) is 5.45. The van der Waals surface area contributed by atoms with E-state index in [1.807, 2.05) is 0 Å². The lowest BCUT2D eigenvalue weighted by molar-refractivity contribution is -0.140. The molecule has 1 aromatic heterocycles. The summed E-state index contributed by atoms with van der Waals surface area (Å²) in [7, 11) is 0. The number of hydrogen-bond donors (Lipinski definition) is 2. The fourth-order valence-electron chi connectivity index (χ4n) is 4.00. The highest BCUT2D eigenvalue weighted by molar-refractivity contribution is 6.46. The second-order valence-electron chi connectivity index (χ2n) is 7.46. The number of carbonyl (C=O) groups excluding carboxylic acids is 2. The summed E-state index contributed by atoms with van der Waals surface area (Å²) in [6, 6.07) is 13.5. The molecular weight excluding hydrogens is 414 g/mol. The van der Waals surface area contributed by atoms with E-state index < -0.39 is 17.7 Å². The number of aliphatic hydroxyl groups excluding tert-OH is 1. The van der Waals surface area contributed by atoms with Crippen molar-refractivity contribution < 1.29 is 33.7 Å². The van der Waals surface area contributed by atoms with Crippen LogP contribution in [-0.2, 0) is 16.1 Å². The number of fused-ring (bicyclic) bond motifs is 1. The normalized spacial score (nSPS) is 19.4. The minimum atomic E-state index is -0.916. The number of rotatable bonds is 4. The molecule has 32 heavy (non-hydrogen) atoms. The lowest BCUT2D eigenvalue weighted by Crippen LogP contribution is -2.29. The molecule has 8 heteroatoms. The number of nitrogens with zero attached hydrogens (tertiary/aromatic N) is 1. The molecule has 3 heterocycles. The minimum absolute atomic E-state index is 0.0228. The van der Waals surface area contributed by atoms with E-state index in [-0.39, 0.29) is 23.6 Å². The zero-order valence-electron chi connectivity index (χ0n) is 16.9. The molecule has 8 nitrogen and oxygen atoms in total.